The Morgan fingerprint density at radius 1 is 1.14 bits per heavy atom. The zero-order chi connectivity index (χ0) is 31.5. The number of carbonyl (C=O) groups excluding carboxylic acids is 2. The number of ether oxygens (including phenoxy) is 2. The van der Waals surface area contributed by atoms with Crippen molar-refractivity contribution in [1.82, 2.24) is 15.1 Å². The molecule has 2 aromatic carbocycles. The monoisotopic (exact) mass is 615 g/mol. The number of alkyl halides is 3. The van der Waals surface area contributed by atoms with E-state index in [2.05, 4.69) is 10.2 Å². The summed E-state index contributed by atoms with van der Waals surface area (Å²) in [6, 6.07) is 11.9. The molecule has 1 unspecified atom stereocenters. The van der Waals surface area contributed by atoms with Crippen molar-refractivity contribution >= 4 is 17.8 Å². The van der Waals surface area contributed by atoms with Crippen LogP contribution in [-0.4, -0.2) is 78.2 Å². The average molecular weight is 616 g/mol. The van der Waals surface area contributed by atoms with E-state index < -0.39 is 42.2 Å². The van der Waals surface area contributed by atoms with Gasteiger partial charge in [0.15, 0.2) is 12.1 Å². The summed E-state index contributed by atoms with van der Waals surface area (Å²) in [5.74, 6) is -0.398. The van der Waals surface area contributed by atoms with Crippen molar-refractivity contribution in [1.29, 1.82) is 0 Å². The summed E-state index contributed by atoms with van der Waals surface area (Å²) in [7, 11) is 0. The molecule has 3 atom stereocenters. The van der Waals surface area contributed by atoms with Crippen LogP contribution in [0.5, 0.6) is 5.75 Å². The fourth-order valence-electron chi connectivity index (χ4n) is 6.28. The third kappa shape index (κ3) is 6.86. The zero-order valence-electron chi connectivity index (χ0n) is 25.1. The lowest BCUT2D eigenvalue weighted by Gasteiger charge is -2.41. The molecular formula is C32H40F3N5O4. The summed E-state index contributed by atoms with van der Waals surface area (Å²) in [5.41, 5.74) is 7.40. The van der Waals surface area contributed by atoms with Gasteiger partial charge in [0.1, 0.15) is 5.75 Å². The van der Waals surface area contributed by atoms with E-state index in [1.807, 2.05) is 19.9 Å². The van der Waals surface area contributed by atoms with Gasteiger partial charge in [0, 0.05) is 37.2 Å². The molecule has 12 heteroatoms. The van der Waals surface area contributed by atoms with Crippen LogP contribution in [0.25, 0.3) is 0 Å². The highest BCUT2D eigenvalue weighted by molar-refractivity contribution is 6.00. The topological polar surface area (TPSA) is 109 Å². The first-order valence-electron chi connectivity index (χ1n) is 15.2. The zero-order valence-corrected chi connectivity index (χ0v) is 25.1. The Labute approximate surface area is 255 Å². The molecule has 5 rings (SSSR count). The van der Waals surface area contributed by atoms with Gasteiger partial charge in [-0.2, -0.15) is 13.2 Å². The fraction of sp³-hybridized carbons (Fsp3) is 0.531. The highest BCUT2D eigenvalue weighted by Gasteiger charge is 2.46. The Hall–Kier alpha value is -3.64. The van der Waals surface area contributed by atoms with E-state index >= 15 is 0 Å². The van der Waals surface area contributed by atoms with Gasteiger partial charge in [0.2, 0.25) is 5.91 Å². The van der Waals surface area contributed by atoms with E-state index in [-0.39, 0.29) is 29.6 Å². The number of benzene rings is 2. The van der Waals surface area contributed by atoms with Crippen molar-refractivity contribution in [2.24, 2.45) is 10.7 Å². The number of hydrogen-bond donors (Lipinski definition) is 2. The largest absolute Gasteiger partial charge is 0.480 e. The van der Waals surface area contributed by atoms with E-state index in [1.165, 1.54) is 6.07 Å². The normalized spacial score (nSPS) is 22.9. The van der Waals surface area contributed by atoms with Crippen LogP contribution in [0.15, 0.2) is 53.5 Å². The minimum absolute atomic E-state index is 0.0944. The van der Waals surface area contributed by atoms with Crippen LogP contribution in [-0.2, 0) is 9.53 Å². The van der Waals surface area contributed by atoms with Crippen molar-refractivity contribution in [2.45, 2.75) is 75.9 Å². The van der Waals surface area contributed by atoms with Gasteiger partial charge in [-0.15, -0.1) is 0 Å². The Kier molecular flexibility index (Phi) is 9.50. The van der Waals surface area contributed by atoms with Crippen molar-refractivity contribution < 1.29 is 32.2 Å². The smallest absolute Gasteiger partial charge is 0.425 e. The van der Waals surface area contributed by atoms with Crippen molar-refractivity contribution in [3.8, 4) is 5.75 Å². The Balaban J connectivity index is 1.42. The van der Waals surface area contributed by atoms with E-state index in [0.29, 0.717) is 50.1 Å². The molecule has 3 aliphatic heterocycles. The van der Waals surface area contributed by atoms with Crippen LogP contribution in [0.1, 0.15) is 79.5 Å². The molecule has 1 fully saturated rings. The average Bonchev–Trinajstić information content (AvgIpc) is 3.02. The number of nitrogens with two attached hydrogens (primary N) is 1. The van der Waals surface area contributed by atoms with Gasteiger partial charge >= 0.3 is 6.18 Å². The molecular weight excluding hydrogens is 575 g/mol. The lowest BCUT2D eigenvalue weighted by molar-refractivity contribution is -0.201. The fourth-order valence-corrected chi connectivity index (χ4v) is 6.28. The molecule has 3 heterocycles. The third-order valence-corrected chi connectivity index (χ3v) is 9.02. The number of rotatable bonds is 9. The summed E-state index contributed by atoms with van der Waals surface area (Å²) in [6.45, 7) is 7.47. The summed E-state index contributed by atoms with van der Waals surface area (Å²) < 4.78 is 51.6. The first-order valence-corrected chi connectivity index (χ1v) is 15.2. The molecule has 44 heavy (non-hydrogen) atoms. The number of para-hydroxylation sites is 1. The predicted octanol–water partition coefficient (Wildman–Crippen LogP) is 4.74. The maximum atomic E-state index is 13.7. The second-order valence-corrected chi connectivity index (χ2v) is 11.7. The number of nitrogens with zero attached hydrogens (tertiary/aromatic N) is 3. The minimum atomic E-state index is -4.58. The molecule has 0 spiro atoms. The highest BCUT2D eigenvalue weighted by Crippen LogP contribution is 2.40. The van der Waals surface area contributed by atoms with Gasteiger partial charge in [-0.3, -0.25) is 19.4 Å². The van der Waals surface area contributed by atoms with Gasteiger partial charge < -0.3 is 20.5 Å². The van der Waals surface area contributed by atoms with Gasteiger partial charge in [-0.1, -0.05) is 44.2 Å². The molecule has 0 aromatic heterocycles. The number of halogens is 3. The van der Waals surface area contributed by atoms with Crippen LogP contribution in [0, 0.1) is 0 Å². The van der Waals surface area contributed by atoms with Crippen molar-refractivity contribution in [2.75, 3.05) is 32.8 Å². The maximum Gasteiger partial charge on any atom is 0.425 e. The molecule has 238 valence electrons. The summed E-state index contributed by atoms with van der Waals surface area (Å²) in [5, 5.41) is 2.80. The number of hydrogen-bond acceptors (Lipinski definition) is 7. The predicted molar refractivity (Wildman–Crippen MR) is 159 cm³/mol. The molecule has 3 aliphatic rings. The van der Waals surface area contributed by atoms with E-state index in [4.69, 9.17) is 20.2 Å². The van der Waals surface area contributed by atoms with Crippen LogP contribution < -0.4 is 15.8 Å². The van der Waals surface area contributed by atoms with Crippen LogP contribution in [0.4, 0.5) is 13.2 Å². The number of nitrogens with one attached hydrogen (secondary N) is 1. The van der Waals surface area contributed by atoms with E-state index in [1.54, 1.807) is 41.3 Å². The quantitative estimate of drug-likeness (QED) is 0.422. The van der Waals surface area contributed by atoms with Crippen molar-refractivity contribution in [3.05, 3.63) is 65.2 Å². The Bertz CT molecular complexity index is 1370. The van der Waals surface area contributed by atoms with E-state index in [0.717, 1.165) is 13.1 Å². The molecule has 1 saturated heterocycles. The molecule has 0 radical (unpaired) electrons. The molecule has 2 amide bonds. The second kappa shape index (κ2) is 13.2. The molecule has 0 bridgehead atoms. The van der Waals surface area contributed by atoms with E-state index in [9.17, 15) is 22.8 Å². The SMILES string of the molecule is CCC1(CC)CC(=O)N(C(CCN2CCOCC2)c2cccc(C(=O)N[C@H]3C[C@H](C(F)(F)F)Oc4ccccc43)c2)C(N)=N1. The maximum absolute atomic E-state index is 13.7. The molecule has 9 nitrogen and oxygen atoms in total. The minimum Gasteiger partial charge on any atom is -0.480 e. The molecule has 0 aliphatic carbocycles. The first kappa shape index (κ1) is 31.8. The number of morpholine rings is 1. The van der Waals surface area contributed by atoms with Gasteiger partial charge in [0.25, 0.3) is 5.91 Å². The number of aliphatic imine (C=N–C) groups is 1. The van der Waals surface area contributed by atoms with Crippen LogP contribution in [0.3, 0.4) is 0 Å². The number of carbonyl (C=O) groups is 2. The second-order valence-electron chi connectivity index (χ2n) is 11.7. The highest BCUT2D eigenvalue weighted by atomic mass is 19.4. The number of amides is 2. The van der Waals surface area contributed by atoms with Gasteiger partial charge in [-0.05, 0) is 43.0 Å². The summed E-state index contributed by atoms with van der Waals surface area (Å²) in [4.78, 5) is 35.8. The number of fused-ring (bicyclic) bond motifs is 1. The standard InChI is InChI=1S/C32H40F3N5O4/c1-3-31(4-2)20-28(41)40(30(36)38-31)25(12-13-39-14-16-43-17-15-39)21-8-7-9-22(18-21)29(42)37-24-19-27(32(33,34)35)44-26-11-6-5-10-23(24)26/h5-11,18,24-25,27H,3-4,12-17,19-20H2,1-2H3,(H2,36,38)(H,37,42)/t24-,25?,27+/m0/s1. The lowest BCUT2D eigenvalue weighted by atomic mass is 9.87. The van der Waals surface area contributed by atoms with Crippen LogP contribution >= 0.6 is 0 Å². The molecule has 0 saturated carbocycles. The first-order chi connectivity index (χ1) is 21.0. The van der Waals surface area contributed by atoms with Gasteiger partial charge in [0.05, 0.1) is 37.3 Å². The van der Waals surface area contributed by atoms with Crippen LogP contribution in [0.2, 0.25) is 0 Å². The summed E-state index contributed by atoms with van der Waals surface area (Å²) >= 11 is 0. The molecule has 2 aromatic rings. The van der Waals surface area contributed by atoms with Crippen molar-refractivity contribution in [3.63, 3.8) is 0 Å². The Morgan fingerprint density at radius 2 is 1.86 bits per heavy atom. The Morgan fingerprint density at radius 3 is 2.55 bits per heavy atom. The molecule has 3 N–H and O–H groups in total. The number of guanidine groups is 1. The summed E-state index contributed by atoms with van der Waals surface area (Å²) in [6.07, 6.45) is -4.92. The third-order valence-electron chi connectivity index (χ3n) is 9.02. The lowest BCUT2D eigenvalue weighted by Crippen LogP contribution is -2.53. The van der Waals surface area contributed by atoms with Gasteiger partial charge in [-0.25, -0.2) is 4.99 Å².